The second-order valence-electron chi connectivity index (χ2n) is 9.55. The van der Waals surface area contributed by atoms with E-state index < -0.39 is 5.60 Å². The Balaban J connectivity index is 1.84. The number of furan rings is 1. The fourth-order valence-electron chi connectivity index (χ4n) is 4.22. The molecule has 0 spiro atoms. The first-order valence-electron chi connectivity index (χ1n) is 11.4. The van der Waals surface area contributed by atoms with Gasteiger partial charge in [-0.05, 0) is 78.2 Å². The summed E-state index contributed by atoms with van der Waals surface area (Å²) < 4.78 is 12.6. The SMILES string of the molecule is CC(C)=CCCC1(C)C=Cc2c(cc(O)c(CC=C(C)C)c2-c2cc3ccc(O)cc3o2)O1. The van der Waals surface area contributed by atoms with Gasteiger partial charge in [0.2, 0.25) is 0 Å². The van der Waals surface area contributed by atoms with Gasteiger partial charge in [-0.1, -0.05) is 29.4 Å². The lowest BCUT2D eigenvalue weighted by Gasteiger charge is -2.33. The summed E-state index contributed by atoms with van der Waals surface area (Å²) in [6.45, 7) is 10.4. The maximum absolute atomic E-state index is 11.0. The Labute approximate surface area is 195 Å². The minimum absolute atomic E-state index is 0.154. The second kappa shape index (κ2) is 8.86. The van der Waals surface area contributed by atoms with Crippen molar-refractivity contribution < 1.29 is 19.4 Å². The smallest absolute Gasteiger partial charge is 0.138 e. The number of allylic oxidation sites excluding steroid dienone is 4. The summed E-state index contributed by atoms with van der Waals surface area (Å²) in [5, 5.41) is 21.8. The average molecular weight is 445 g/mol. The number of hydrogen-bond donors (Lipinski definition) is 2. The molecule has 2 heterocycles. The molecule has 33 heavy (non-hydrogen) atoms. The van der Waals surface area contributed by atoms with Crippen molar-refractivity contribution in [2.24, 2.45) is 0 Å². The van der Waals surface area contributed by atoms with Gasteiger partial charge < -0.3 is 19.4 Å². The van der Waals surface area contributed by atoms with Crippen LogP contribution in [-0.4, -0.2) is 15.8 Å². The van der Waals surface area contributed by atoms with Crippen molar-refractivity contribution in [1.82, 2.24) is 0 Å². The Morgan fingerprint density at radius 1 is 1.00 bits per heavy atom. The van der Waals surface area contributed by atoms with Crippen molar-refractivity contribution in [1.29, 1.82) is 0 Å². The molecule has 0 amide bonds. The highest BCUT2D eigenvalue weighted by molar-refractivity contribution is 5.89. The number of phenols is 2. The quantitative estimate of drug-likeness (QED) is 0.379. The highest BCUT2D eigenvalue weighted by Gasteiger charge is 2.31. The van der Waals surface area contributed by atoms with E-state index in [1.54, 1.807) is 18.2 Å². The number of hydrogen-bond acceptors (Lipinski definition) is 4. The van der Waals surface area contributed by atoms with Crippen LogP contribution in [0.4, 0.5) is 0 Å². The van der Waals surface area contributed by atoms with Gasteiger partial charge in [-0.15, -0.1) is 0 Å². The van der Waals surface area contributed by atoms with Crippen LogP contribution in [0.3, 0.4) is 0 Å². The summed E-state index contributed by atoms with van der Waals surface area (Å²) >= 11 is 0. The summed E-state index contributed by atoms with van der Waals surface area (Å²) in [4.78, 5) is 0. The van der Waals surface area contributed by atoms with E-state index in [1.807, 2.05) is 26.0 Å². The molecule has 0 saturated heterocycles. The fourth-order valence-corrected chi connectivity index (χ4v) is 4.22. The Kier molecular flexibility index (Phi) is 6.11. The van der Waals surface area contributed by atoms with Crippen LogP contribution in [0.2, 0.25) is 0 Å². The molecule has 1 aliphatic heterocycles. The molecule has 4 heteroatoms. The van der Waals surface area contributed by atoms with E-state index in [0.717, 1.165) is 34.9 Å². The Morgan fingerprint density at radius 3 is 2.48 bits per heavy atom. The zero-order valence-electron chi connectivity index (χ0n) is 20.0. The Morgan fingerprint density at radius 2 is 1.76 bits per heavy atom. The van der Waals surface area contributed by atoms with Gasteiger partial charge >= 0.3 is 0 Å². The van der Waals surface area contributed by atoms with Crippen LogP contribution >= 0.6 is 0 Å². The number of fused-ring (bicyclic) bond motifs is 2. The molecule has 172 valence electrons. The van der Waals surface area contributed by atoms with Crippen molar-refractivity contribution >= 4 is 17.0 Å². The zero-order valence-corrected chi connectivity index (χ0v) is 20.0. The summed E-state index contributed by atoms with van der Waals surface area (Å²) in [5.74, 6) is 1.63. The van der Waals surface area contributed by atoms with Crippen molar-refractivity contribution in [3.05, 3.63) is 70.8 Å². The first-order chi connectivity index (χ1) is 15.6. The second-order valence-corrected chi connectivity index (χ2v) is 9.55. The number of rotatable bonds is 6. The summed E-state index contributed by atoms with van der Waals surface area (Å²) in [5.41, 5.74) is 5.12. The van der Waals surface area contributed by atoms with Crippen LogP contribution < -0.4 is 4.74 Å². The predicted octanol–water partition coefficient (Wildman–Crippen LogP) is 7.93. The third-order valence-electron chi connectivity index (χ3n) is 6.02. The number of aromatic hydroxyl groups is 2. The van der Waals surface area contributed by atoms with E-state index in [1.165, 1.54) is 11.1 Å². The standard InChI is InChI=1S/C29H32O4/c1-18(2)7-6-13-29(5)14-12-23-26(33-29)17-24(31)22(11-8-19(3)4)28(23)27-15-20-9-10-21(30)16-25(20)32-27/h7-10,12,14-17,30-31H,6,11,13H2,1-5H3. The van der Waals surface area contributed by atoms with E-state index >= 15 is 0 Å². The van der Waals surface area contributed by atoms with Gasteiger partial charge in [0, 0.05) is 34.2 Å². The zero-order chi connectivity index (χ0) is 23.8. The summed E-state index contributed by atoms with van der Waals surface area (Å²) in [6.07, 6.45) is 10.8. The van der Waals surface area contributed by atoms with Gasteiger partial charge in [-0.25, -0.2) is 0 Å². The molecular weight excluding hydrogens is 412 g/mol. The maximum atomic E-state index is 11.0. The molecule has 3 aromatic rings. The number of phenolic OH excluding ortho intramolecular Hbond substituents is 2. The van der Waals surface area contributed by atoms with E-state index in [0.29, 0.717) is 23.5 Å². The Bertz CT molecular complexity index is 1280. The first-order valence-corrected chi connectivity index (χ1v) is 11.4. The van der Waals surface area contributed by atoms with Crippen molar-refractivity contribution in [2.45, 2.75) is 59.5 Å². The topological polar surface area (TPSA) is 62.8 Å². The van der Waals surface area contributed by atoms with E-state index in [-0.39, 0.29) is 11.5 Å². The molecule has 1 unspecified atom stereocenters. The van der Waals surface area contributed by atoms with Gasteiger partial charge in [-0.3, -0.25) is 0 Å². The van der Waals surface area contributed by atoms with Crippen LogP contribution in [0, 0.1) is 0 Å². The van der Waals surface area contributed by atoms with Gasteiger partial charge in [0.15, 0.2) is 0 Å². The third kappa shape index (κ3) is 4.85. The van der Waals surface area contributed by atoms with E-state index in [9.17, 15) is 10.2 Å². The molecular formula is C29H32O4. The maximum Gasteiger partial charge on any atom is 0.138 e. The summed E-state index contributed by atoms with van der Waals surface area (Å²) in [7, 11) is 0. The van der Waals surface area contributed by atoms with Gasteiger partial charge in [0.25, 0.3) is 0 Å². The predicted molar refractivity (Wildman–Crippen MR) is 135 cm³/mol. The molecule has 1 aliphatic rings. The van der Waals surface area contributed by atoms with Crippen LogP contribution in [0.15, 0.2) is 64.1 Å². The minimum atomic E-state index is -0.455. The Hall–Kier alpha value is -3.40. The van der Waals surface area contributed by atoms with Gasteiger partial charge in [0.1, 0.15) is 34.2 Å². The van der Waals surface area contributed by atoms with Crippen LogP contribution in [0.25, 0.3) is 28.4 Å². The molecule has 1 atom stereocenters. The average Bonchev–Trinajstić information content (AvgIpc) is 3.14. The molecule has 0 saturated carbocycles. The lowest BCUT2D eigenvalue weighted by molar-refractivity contribution is 0.128. The van der Waals surface area contributed by atoms with Crippen molar-refractivity contribution in [3.8, 4) is 28.6 Å². The lowest BCUT2D eigenvalue weighted by atomic mass is 9.89. The minimum Gasteiger partial charge on any atom is -0.508 e. The highest BCUT2D eigenvalue weighted by Crippen LogP contribution is 2.46. The molecule has 1 aromatic heterocycles. The lowest BCUT2D eigenvalue weighted by Crippen LogP contribution is -2.31. The molecule has 0 aliphatic carbocycles. The van der Waals surface area contributed by atoms with E-state index in [4.69, 9.17) is 9.15 Å². The molecule has 0 fully saturated rings. The van der Waals surface area contributed by atoms with Crippen molar-refractivity contribution in [2.75, 3.05) is 0 Å². The fraction of sp³-hybridized carbons (Fsp3) is 0.310. The molecule has 2 aromatic carbocycles. The van der Waals surface area contributed by atoms with Crippen LogP contribution in [-0.2, 0) is 6.42 Å². The molecule has 0 radical (unpaired) electrons. The van der Waals surface area contributed by atoms with Crippen LogP contribution in [0.5, 0.6) is 17.2 Å². The normalized spacial score (nSPS) is 16.9. The number of benzene rings is 2. The molecule has 0 bridgehead atoms. The largest absolute Gasteiger partial charge is 0.508 e. The summed E-state index contributed by atoms with van der Waals surface area (Å²) in [6, 6.07) is 8.76. The molecule has 4 nitrogen and oxygen atoms in total. The van der Waals surface area contributed by atoms with Gasteiger partial charge in [0.05, 0.1) is 0 Å². The van der Waals surface area contributed by atoms with E-state index in [2.05, 4.69) is 45.1 Å². The van der Waals surface area contributed by atoms with Crippen molar-refractivity contribution in [3.63, 3.8) is 0 Å². The highest BCUT2D eigenvalue weighted by atomic mass is 16.5. The number of ether oxygens (including phenoxy) is 1. The molecule has 2 N–H and O–H groups in total. The van der Waals surface area contributed by atoms with Gasteiger partial charge in [-0.2, -0.15) is 0 Å². The first kappa shape index (κ1) is 22.8. The monoisotopic (exact) mass is 444 g/mol. The third-order valence-corrected chi connectivity index (χ3v) is 6.02. The molecule has 4 rings (SSSR count). The van der Waals surface area contributed by atoms with Crippen LogP contribution in [0.1, 0.15) is 58.6 Å².